The minimum Gasteiger partial charge on any atom is -0.395 e. The van der Waals surface area contributed by atoms with Crippen molar-refractivity contribution in [1.82, 2.24) is 15.1 Å². The standard InChI is InChI=1S/C11H20N4O2S/c1-7(5-6-18(4)17)13-11(16)10-9(12)8(2)14-15(10)3/h7H,5-6,12H2,1-4H3,(H,13,16). The lowest BCUT2D eigenvalue weighted by Gasteiger charge is -2.13. The predicted octanol–water partition coefficient (Wildman–Crippen LogP) is 0.198. The summed E-state index contributed by atoms with van der Waals surface area (Å²) in [5.41, 5.74) is 7.23. The van der Waals surface area contributed by atoms with E-state index in [-0.39, 0.29) is 11.9 Å². The number of aromatic nitrogens is 2. The van der Waals surface area contributed by atoms with E-state index in [4.69, 9.17) is 5.73 Å². The van der Waals surface area contributed by atoms with Crippen molar-refractivity contribution in [2.75, 3.05) is 17.7 Å². The van der Waals surface area contributed by atoms with Gasteiger partial charge in [-0.15, -0.1) is 0 Å². The number of nitrogens with one attached hydrogen (secondary N) is 1. The third kappa shape index (κ3) is 3.56. The van der Waals surface area contributed by atoms with E-state index in [9.17, 15) is 9.00 Å². The molecule has 1 aromatic rings. The summed E-state index contributed by atoms with van der Waals surface area (Å²) in [6.45, 7) is 3.64. The number of nitrogens with zero attached hydrogens (tertiary/aromatic N) is 2. The van der Waals surface area contributed by atoms with Gasteiger partial charge in [0.1, 0.15) is 5.69 Å². The molecule has 0 saturated heterocycles. The summed E-state index contributed by atoms with van der Waals surface area (Å²) in [6, 6.07) is -0.0454. The lowest BCUT2D eigenvalue weighted by atomic mass is 10.2. The molecule has 0 aromatic carbocycles. The number of carbonyl (C=O) groups is 1. The fourth-order valence-corrected chi connectivity index (χ4v) is 2.34. The zero-order chi connectivity index (χ0) is 13.9. The second kappa shape index (κ2) is 5.99. The summed E-state index contributed by atoms with van der Waals surface area (Å²) in [7, 11) is 0.841. The Bertz CT molecular complexity index is 470. The molecular formula is C11H20N4O2S. The molecule has 1 rings (SSSR count). The van der Waals surface area contributed by atoms with Crippen molar-refractivity contribution < 1.29 is 9.00 Å². The number of hydrogen-bond acceptors (Lipinski definition) is 4. The fourth-order valence-electron chi connectivity index (χ4n) is 1.65. The number of amides is 1. The number of nitrogen functional groups attached to an aromatic ring is 1. The second-order valence-electron chi connectivity index (χ2n) is 4.41. The zero-order valence-corrected chi connectivity index (χ0v) is 12.0. The van der Waals surface area contributed by atoms with Gasteiger partial charge in [0.05, 0.1) is 11.4 Å². The van der Waals surface area contributed by atoms with Crippen LogP contribution in [0.1, 0.15) is 29.5 Å². The van der Waals surface area contributed by atoms with Crippen LogP contribution in [-0.2, 0) is 17.8 Å². The van der Waals surface area contributed by atoms with Crippen LogP contribution in [0.3, 0.4) is 0 Å². The zero-order valence-electron chi connectivity index (χ0n) is 11.2. The molecule has 18 heavy (non-hydrogen) atoms. The molecule has 0 radical (unpaired) electrons. The van der Waals surface area contributed by atoms with Crippen molar-refractivity contribution in [1.29, 1.82) is 0 Å². The van der Waals surface area contributed by atoms with Gasteiger partial charge in [-0.05, 0) is 20.3 Å². The Balaban J connectivity index is 2.68. The molecule has 0 aliphatic heterocycles. The number of aryl methyl sites for hydroxylation is 2. The highest BCUT2D eigenvalue weighted by Crippen LogP contribution is 2.15. The number of anilines is 1. The average Bonchev–Trinajstić information content (AvgIpc) is 2.50. The third-order valence-electron chi connectivity index (χ3n) is 2.70. The van der Waals surface area contributed by atoms with E-state index in [0.29, 0.717) is 29.2 Å². The number of carbonyl (C=O) groups excluding carboxylic acids is 1. The van der Waals surface area contributed by atoms with E-state index in [1.54, 1.807) is 20.2 Å². The van der Waals surface area contributed by atoms with Crippen molar-refractivity contribution in [3.63, 3.8) is 0 Å². The molecule has 1 amide bonds. The first-order valence-electron chi connectivity index (χ1n) is 5.73. The molecule has 7 heteroatoms. The Morgan fingerprint density at radius 1 is 1.61 bits per heavy atom. The monoisotopic (exact) mass is 272 g/mol. The van der Waals surface area contributed by atoms with Gasteiger partial charge in [0.15, 0.2) is 0 Å². The molecular weight excluding hydrogens is 252 g/mol. The number of rotatable bonds is 5. The van der Waals surface area contributed by atoms with Crippen molar-refractivity contribution >= 4 is 22.4 Å². The summed E-state index contributed by atoms with van der Waals surface area (Å²) in [4.78, 5) is 12.0. The van der Waals surface area contributed by atoms with Crippen molar-refractivity contribution in [2.24, 2.45) is 7.05 Å². The molecule has 0 spiro atoms. The van der Waals surface area contributed by atoms with Gasteiger partial charge in [-0.1, -0.05) is 0 Å². The lowest BCUT2D eigenvalue weighted by Crippen LogP contribution is -2.35. The van der Waals surface area contributed by atoms with Crippen molar-refractivity contribution in [2.45, 2.75) is 26.3 Å². The van der Waals surface area contributed by atoms with Crippen LogP contribution in [0.5, 0.6) is 0 Å². The molecule has 2 unspecified atom stereocenters. The van der Waals surface area contributed by atoms with Gasteiger partial charge in [-0.25, -0.2) is 0 Å². The van der Waals surface area contributed by atoms with Gasteiger partial charge in [0, 0.05) is 35.9 Å². The van der Waals surface area contributed by atoms with Gasteiger partial charge >= 0.3 is 0 Å². The van der Waals surface area contributed by atoms with Gasteiger partial charge in [-0.3, -0.25) is 13.7 Å². The Morgan fingerprint density at radius 2 is 2.22 bits per heavy atom. The Kier molecular flexibility index (Phi) is 4.89. The van der Waals surface area contributed by atoms with Crippen LogP contribution >= 0.6 is 0 Å². The van der Waals surface area contributed by atoms with Crippen LogP contribution in [0.25, 0.3) is 0 Å². The first-order valence-corrected chi connectivity index (χ1v) is 7.45. The van der Waals surface area contributed by atoms with Crippen molar-refractivity contribution in [3.05, 3.63) is 11.4 Å². The van der Waals surface area contributed by atoms with E-state index in [2.05, 4.69) is 10.4 Å². The maximum absolute atomic E-state index is 12.0. The number of nitrogens with two attached hydrogens (primary N) is 1. The number of hydrogen-bond donors (Lipinski definition) is 2. The minimum absolute atomic E-state index is 0.0454. The molecule has 3 N–H and O–H groups in total. The molecule has 0 aliphatic carbocycles. The quantitative estimate of drug-likeness (QED) is 0.801. The summed E-state index contributed by atoms with van der Waals surface area (Å²) in [5, 5.41) is 6.93. The second-order valence-corrected chi connectivity index (χ2v) is 5.97. The van der Waals surface area contributed by atoms with Crippen molar-refractivity contribution in [3.8, 4) is 0 Å². The van der Waals surface area contributed by atoms with Gasteiger partial charge < -0.3 is 11.1 Å². The fraction of sp³-hybridized carbons (Fsp3) is 0.636. The maximum Gasteiger partial charge on any atom is 0.271 e. The molecule has 2 atom stereocenters. The predicted molar refractivity (Wildman–Crippen MR) is 72.8 cm³/mol. The Hall–Kier alpha value is -1.37. The minimum atomic E-state index is -0.844. The molecule has 1 aromatic heterocycles. The Morgan fingerprint density at radius 3 is 2.67 bits per heavy atom. The molecule has 1 heterocycles. The highest BCUT2D eigenvalue weighted by Gasteiger charge is 2.19. The summed E-state index contributed by atoms with van der Waals surface area (Å²) in [5.74, 6) is 0.325. The molecule has 0 saturated carbocycles. The molecule has 6 nitrogen and oxygen atoms in total. The highest BCUT2D eigenvalue weighted by molar-refractivity contribution is 7.84. The van der Waals surface area contributed by atoms with E-state index < -0.39 is 10.8 Å². The summed E-state index contributed by atoms with van der Waals surface area (Å²) >= 11 is 0. The van der Waals surface area contributed by atoms with E-state index in [1.807, 2.05) is 6.92 Å². The molecule has 0 aliphatic rings. The smallest absolute Gasteiger partial charge is 0.271 e. The summed E-state index contributed by atoms with van der Waals surface area (Å²) in [6.07, 6.45) is 2.32. The van der Waals surface area contributed by atoms with E-state index in [0.717, 1.165) is 0 Å². The molecule has 0 bridgehead atoms. The lowest BCUT2D eigenvalue weighted by molar-refractivity contribution is 0.0931. The van der Waals surface area contributed by atoms with Gasteiger partial charge in [0.25, 0.3) is 5.91 Å². The largest absolute Gasteiger partial charge is 0.395 e. The summed E-state index contributed by atoms with van der Waals surface area (Å²) < 4.78 is 12.5. The average molecular weight is 272 g/mol. The van der Waals surface area contributed by atoms with Crippen LogP contribution in [0.15, 0.2) is 0 Å². The van der Waals surface area contributed by atoms with Gasteiger partial charge in [0.2, 0.25) is 0 Å². The SMILES string of the molecule is Cc1nn(C)c(C(=O)NC(C)CCS(C)=O)c1N. The van der Waals surface area contributed by atoms with Crippen LogP contribution < -0.4 is 11.1 Å². The third-order valence-corrected chi connectivity index (χ3v) is 3.51. The van der Waals surface area contributed by atoms with E-state index >= 15 is 0 Å². The van der Waals surface area contributed by atoms with Crippen LogP contribution in [0.2, 0.25) is 0 Å². The normalized spacial score (nSPS) is 14.2. The Labute approximate surface area is 109 Å². The maximum atomic E-state index is 12.0. The van der Waals surface area contributed by atoms with Crippen LogP contribution in [-0.4, -0.2) is 37.9 Å². The van der Waals surface area contributed by atoms with Crippen LogP contribution in [0, 0.1) is 6.92 Å². The molecule has 102 valence electrons. The first-order chi connectivity index (χ1) is 8.32. The van der Waals surface area contributed by atoms with E-state index in [1.165, 1.54) is 4.68 Å². The highest BCUT2D eigenvalue weighted by atomic mass is 32.2. The topological polar surface area (TPSA) is 90.0 Å². The van der Waals surface area contributed by atoms with Crippen LogP contribution in [0.4, 0.5) is 5.69 Å². The molecule has 0 fully saturated rings. The first kappa shape index (κ1) is 14.7. The van der Waals surface area contributed by atoms with Gasteiger partial charge in [-0.2, -0.15) is 5.10 Å².